The molecule has 0 atom stereocenters. The third-order valence-corrected chi connectivity index (χ3v) is 18.5. The van der Waals surface area contributed by atoms with Gasteiger partial charge in [0.1, 0.15) is 44.7 Å². The van der Waals surface area contributed by atoms with E-state index >= 15 is 0 Å². The first-order chi connectivity index (χ1) is 47.6. The summed E-state index contributed by atoms with van der Waals surface area (Å²) in [6.07, 6.45) is 0. The lowest BCUT2D eigenvalue weighted by Crippen LogP contribution is -2.11. The van der Waals surface area contributed by atoms with Crippen molar-refractivity contribution in [2.24, 2.45) is 0 Å². The summed E-state index contributed by atoms with van der Waals surface area (Å²) < 4.78 is 25.6. The highest BCUT2D eigenvalue weighted by molar-refractivity contribution is 6.27. The van der Waals surface area contributed by atoms with Gasteiger partial charge in [0.2, 0.25) is 0 Å². The zero-order valence-electron chi connectivity index (χ0n) is 52.0. The fraction of sp³-hybridized carbons (Fsp3) is 0. The minimum atomic E-state index is 0.827. The van der Waals surface area contributed by atoms with Crippen molar-refractivity contribution in [3.05, 3.63) is 352 Å². The summed E-state index contributed by atoms with van der Waals surface area (Å²) in [6.45, 7) is 0. The zero-order chi connectivity index (χ0) is 63.5. The number of furan rings is 4. The molecule has 0 N–H and O–H groups in total. The molecule has 452 valence electrons. The molecular formula is C90H58N2O4. The SMILES string of the molecule is c1ccc(-c2ccc(-c3ccccc3N(c3ccccc3)c3ccc4c(c3)oc3ccc5oc6ccccc6c5c34)cc2)cc1.c1ccc(-c2ccc(N(c3cc(-c4ccccc4)cc(-c4ccccc4)c3)c3ccc4c(c3)oc3ccc5oc6ccccc6c5c34)cc2)cc1. The van der Waals surface area contributed by atoms with Crippen molar-refractivity contribution in [3.63, 3.8) is 0 Å². The maximum atomic E-state index is 6.64. The molecule has 0 aliphatic rings. The van der Waals surface area contributed by atoms with Gasteiger partial charge in [-0.15, -0.1) is 0 Å². The van der Waals surface area contributed by atoms with E-state index in [0.29, 0.717) is 0 Å². The van der Waals surface area contributed by atoms with E-state index in [9.17, 15) is 0 Å². The molecule has 0 spiro atoms. The summed E-state index contributed by atoms with van der Waals surface area (Å²) in [6, 6.07) is 124. The Morgan fingerprint density at radius 1 is 0.167 bits per heavy atom. The van der Waals surface area contributed by atoms with Crippen LogP contribution in [0.2, 0.25) is 0 Å². The Labute approximate surface area is 553 Å². The van der Waals surface area contributed by atoms with E-state index in [1.165, 1.54) is 33.4 Å². The number of fused-ring (bicyclic) bond motifs is 14. The molecule has 0 amide bonds. The first-order valence-electron chi connectivity index (χ1n) is 32.4. The standard InChI is InChI=1S/C48H31NO2.C42H27NO2/c1-4-12-32(13-5-1)35-20-22-38(23-21-35)49(40-29-36(33-14-6-2-7-15-33)28-37(30-40)34-16-8-3-9-17-34)39-24-25-42-46(31-39)51-45-27-26-44-47(48(42)45)41-18-10-11-19-43(41)50-44;1-3-11-28(12-4-1)29-19-21-30(22-20-29)33-15-7-9-17-36(33)43(31-13-5-2-6-14-31)32-23-24-35-40(27-32)45-39-26-25-38-41(42(35)39)34-16-8-10-18-37(34)44-38/h1-31H;1-27H. The summed E-state index contributed by atoms with van der Waals surface area (Å²) in [5, 5.41) is 8.68. The smallest absolute Gasteiger partial charge is 0.137 e. The average molecular weight is 1230 g/mol. The highest BCUT2D eigenvalue weighted by Gasteiger charge is 2.24. The molecule has 6 nitrogen and oxygen atoms in total. The highest BCUT2D eigenvalue weighted by atomic mass is 16.3. The van der Waals surface area contributed by atoms with Crippen LogP contribution in [-0.2, 0) is 0 Å². The number of para-hydroxylation sites is 4. The Kier molecular flexibility index (Phi) is 13.8. The van der Waals surface area contributed by atoms with E-state index in [0.717, 1.165) is 144 Å². The molecule has 4 heterocycles. The quantitative estimate of drug-likeness (QED) is 0.129. The second-order valence-corrected chi connectivity index (χ2v) is 24.3. The average Bonchev–Trinajstić information content (AvgIpc) is 1.58. The molecule has 19 aromatic rings. The number of hydrogen-bond acceptors (Lipinski definition) is 6. The second-order valence-electron chi connectivity index (χ2n) is 24.3. The van der Waals surface area contributed by atoms with Crippen LogP contribution in [0.15, 0.2) is 370 Å². The second kappa shape index (κ2) is 23.7. The van der Waals surface area contributed by atoms with Crippen LogP contribution >= 0.6 is 0 Å². The van der Waals surface area contributed by atoms with Crippen molar-refractivity contribution in [2.75, 3.05) is 9.80 Å². The third-order valence-electron chi connectivity index (χ3n) is 18.5. The van der Waals surface area contributed by atoms with Gasteiger partial charge in [-0.05, 0) is 159 Å². The topological polar surface area (TPSA) is 59.0 Å². The number of anilines is 6. The maximum Gasteiger partial charge on any atom is 0.137 e. The van der Waals surface area contributed by atoms with Gasteiger partial charge in [0, 0.05) is 89.2 Å². The van der Waals surface area contributed by atoms with Gasteiger partial charge in [-0.25, -0.2) is 0 Å². The monoisotopic (exact) mass is 1230 g/mol. The van der Waals surface area contributed by atoms with E-state index in [2.05, 4.69) is 313 Å². The molecule has 0 saturated heterocycles. The van der Waals surface area contributed by atoms with Gasteiger partial charge >= 0.3 is 0 Å². The molecule has 0 unspecified atom stereocenters. The largest absolute Gasteiger partial charge is 0.456 e. The van der Waals surface area contributed by atoms with Gasteiger partial charge in [-0.2, -0.15) is 0 Å². The molecule has 0 aliphatic carbocycles. The van der Waals surface area contributed by atoms with Crippen molar-refractivity contribution in [2.45, 2.75) is 0 Å². The molecule has 15 aromatic carbocycles. The minimum absolute atomic E-state index is 0.827. The molecule has 0 fully saturated rings. The van der Waals surface area contributed by atoms with Crippen molar-refractivity contribution in [1.29, 1.82) is 0 Å². The third kappa shape index (κ3) is 10.0. The molecule has 4 aromatic heterocycles. The van der Waals surface area contributed by atoms with Crippen LogP contribution < -0.4 is 9.80 Å². The van der Waals surface area contributed by atoms with Crippen LogP contribution in [0, 0.1) is 0 Å². The summed E-state index contributed by atoms with van der Waals surface area (Å²) in [5.74, 6) is 0. The van der Waals surface area contributed by atoms with Gasteiger partial charge in [0.05, 0.1) is 5.69 Å². The molecule has 6 heteroatoms. The fourth-order valence-electron chi connectivity index (χ4n) is 14.0. The summed E-state index contributed by atoms with van der Waals surface area (Å²) >= 11 is 0. The molecule has 0 aliphatic heterocycles. The zero-order valence-corrected chi connectivity index (χ0v) is 52.0. The lowest BCUT2D eigenvalue weighted by molar-refractivity contribution is 0.663. The molecule has 0 saturated carbocycles. The molecular weight excluding hydrogens is 1170 g/mol. The van der Waals surface area contributed by atoms with Crippen LogP contribution in [0.4, 0.5) is 34.1 Å². The molecule has 0 radical (unpaired) electrons. The Hall–Kier alpha value is -12.9. The van der Waals surface area contributed by atoms with Gasteiger partial charge in [-0.3, -0.25) is 0 Å². The van der Waals surface area contributed by atoms with Crippen LogP contribution in [0.3, 0.4) is 0 Å². The van der Waals surface area contributed by atoms with Crippen LogP contribution in [-0.4, -0.2) is 0 Å². The van der Waals surface area contributed by atoms with Crippen LogP contribution in [0.1, 0.15) is 0 Å². The van der Waals surface area contributed by atoms with Gasteiger partial charge < -0.3 is 27.5 Å². The number of benzene rings is 15. The van der Waals surface area contributed by atoms with Crippen LogP contribution in [0.25, 0.3) is 143 Å². The van der Waals surface area contributed by atoms with Crippen molar-refractivity contribution in [1.82, 2.24) is 0 Å². The van der Waals surface area contributed by atoms with Gasteiger partial charge in [0.25, 0.3) is 0 Å². The van der Waals surface area contributed by atoms with E-state index in [-0.39, 0.29) is 0 Å². The Morgan fingerprint density at radius 2 is 0.490 bits per heavy atom. The fourth-order valence-corrected chi connectivity index (χ4v) is 14.0. The van der Waals surface area contributed by atoms with E-state index < -0.39 is 0 Å². The highest BCUT2D eigenvalue weighted by Crippen LogP contribution is 2.48. The van der Waals surface area contributed by atoms with Gasteiger partial charge in [0.15, 0.2) is 0 Å². The Morgan fingerprint density at radius 3 is 0.958 bits per heavy atom. The predicted octanol–water partition coefficient (Wildman–Crippen LogP) is 26.2. The van der Waals surface area contributed by atoms with Crippen molar-refractivity contribution >= 4 is 122 Å². The van der Waals surface area contributed by atoms with E-state index in [4.69, 9.17) is 17.7 Å². The van der Waals surface area contributed by atoms with Crippen molar-refractivity contribution in [3.8, 4) is 55.6 Å². The molecule has 96 heavy (non-hydrogen) atoms. The maximum absolute atomic E-state index is 6.64. The summed E-state index contributed by atoms with van der Waals surface area (Å²) in [5.41, 5.74) is 24.9. The summed E-state index contributed by atoms with van der Waals surface area (Å²) in [4.78, 5) is 4.65. The molecule has 19 rings (SSSR count). The first-order valence-corrected chi connectivity index (χ1v) is 32.4. The van der Waals surface area contributed by atoms with Crippen molar-refractivity contribution < 1.29 is 17.7 Å². The first kappa shape index (κ1) is 55.9. The lowest BCUT2D eigenvalue weighted by atomic mass is 9.97. The number of nitrogens with zero attached hydrogens (tertiary/aromatic N) is 2. The van der Waals surface area contributed by atoms with Crippen LogP contribution in [0.5, 0.6) is 0 Å². The Bertz CT molecular complexity index is 6000. The van der Waals surface area contributed by atoms with Gasteiger partial charge in [-0.1, -0.05) is 231 Å². The number of hydrogen-bond donors (Lipinski definition) is 0. The summed E-state index contributed by atoms with van der Waals surface area (Å²) in [7, 11) is 0. The Balaban J connectivity index is 0.000000141. The minimum Gasteiger partial charge on any atom is -0.456 e. The molecule has 0 bridgehead atoms. The number of rotatable bonds is 11. The normalized spacial score (nSPS) is 11.5. The van der Waals surface area contributed by atoms with E-state index in [1.807, 2.05) is 48.5 Å². The predicted molar refractivity (Wildman–Crippen MR) is 399 cm³/mol. The van der Waals surface area contributed by atoms with E-state index in [1.54, 1.807) is 0 Å². The lowest BCUT2D eigenvalue weighted by Gasteiger charge is -2.27.